The number of rotatable bonds is 0. The van der Waals surface area contributed by atoms with Gasteiger partial charge in [0, 0.05) is 6.04 Å². The van der Waals surface area contributed by atoms with Gasteiger partial charge in [-0.3, -0.25) is 4.90 Å². The third-order valence-corrected chi connectivity index (χ3v) is 7.10. The Balaban J connectivity index is 1.65. The van der Waals surface area contributed by atoms with Crippen molar-refractivity contribution < 1.29 is 4.74 Å². The Morgan fingerprint density at radius 1 is 1.17 bits per heavy atom. The molecule has 0 amide bonds. The third-order valence-electron chi connectivity index (χ3n) is 7.10. The van der Waals surface area contributed by atoms with Gasteiger partial charge in [0.1, 0.15) is 7.28 Å². The number of ether oxygens (including phenoxy) is 1. The average Bonchev–Trinajstić information content (AvgIpc) is 2.83. The maximum atomic E-state index is 5.53. The molecule has 1 radical (unpaired) electrons. The van der Waals surface area contributed by atoms with Crippen LogP contribution in [-0.2, 0) is 4.74 Å². The predicted molar refractivity (Wildman–Crippen MR) is 74.2 cm³/mol. The lowest BCUT2D eigenvalue weighted by Crippen LogP contribution is -2.67. The summed E-state index contributed by atoms with van der Waals surface area (Å²) in [6.45, 7) is 6.97. The molecule has 0 aromatic rings. The molecule has 3 saturated heterocycles. The Hall–Kier alpha value is -0.0151. The molecule has 3 heterocycles. The van der Waals surface area contributed by atoms with E-state index in [1.54, 1.807) is 0 Å². The minimum atomic E-state index is 0.410. The molecule has 4 unspecified atom stereocenters. The summed E-state index contributed by atoms with van der Waals surface area (Å²) in [6, 6.07) is 0.799. The molecule has 0 aromatic heterocycles. The highest BCUT2D eigenvalue weighted by molar-refractivity contribution is 6.59. The number of fused-ring (bicyclic) bond motifs is 3. The molecule has 3 heteroatoms. The third kappa shape index (κ3) is 1.23. The number of piperidine rings is 1. The van der Waals surface area contributed by atoms with Crippen LogP contribution in [0.2, 0.25) is 10.6 Å². The van der Waals surface area contributed by atoms with Crippen molar-refractivity contribution >= 4 is 7.28 Å². The Morgan fingerprint density at radius 2 is 1.94 bits per heavy atom. The second-order valence-corrected chi connectivity index (χ2v) is 7.78. The van der Waals surface area contributed by atoms with Gasteiger partial charge in [0.2, 0.25) is 0 Å². The first kappa shape index (κ1) is 11.8. The maximum Gasteiger partial charge on any atom is 0.125 e. The summed E-state index contributed by atoms with van der Waals surface area (Å²) in [4.78, 5) is 2.72. The molecule has 0 aromatic carbocycles. The van der Waals surface area contributed by atoms with E-state index in [1.807, 2.05) is 0 Å². The van der Waals surface area contributed by atoms with Gasteiger partial charge in [0.25, 0.3) is 0 Å². The van der Waals surface area contributed by atoms with Crippen LogP contribution in [0.4, 0.5) is 0 Å². The van der Waals surface area contributed by atoms with Crippen molar-refractivity contribution in [1.29, 1.82) is 0 Å². The first-order valence-corrected chi connectivity index (χ1v) is 7.69. The zero-order valence-electron chi connectivity index (χ0n) is 12.0. The SMILES string of the molecule is CN1C2CCCC3(C)[B]C3(C)C2CCC12COC2. The highest BCUT2D eigenvalue weighted by atomic mass is 16.5. The molecule has 1 aliphatic carbocycles. The molecule has 4 aliphatic rings. The molecule has 99 valence electrons. The molecule has 2 nitrogen and oxygen atoms in total. The molecule has 3 aliphatic heterocycles. The summed E-state index contributed by atoms with van der Waals surface area (Å²) in [6.07, 6.45) is 6.99. The summed E-state index contributed by atoms with van der Waals surface area (Å²) in [5, 5.41) is 1.07. The van der Waals surface area contributed by atoms with Crippen molar-refractivity contribution in [1.82, 2.24) is 4.90 Å². The van der Waals surface area contributed by atoms with Crippen LogP contribution in [-0.4, -0.2) is 44.0 Å². The smallest absolute Gasteiger partial charge is 0.125 e. The van der Waals surface area contributed by atoms with Crippen molar-refractivity contribution in [2.75, 3.05) is 20.3 Å². The quantitative estimate of drug-likeness (QED) is 0.609. The molecule has 4 atom stereocenters. The Morgan fingerprint density at radius 3 is 2.61 bits per heavy atom. The van der Waals surface area contributed by atoms with Crippen LogP contribution in [0.15, 0.2) is 0 Å². The Labute approximate surface area is 112 Å². The van der Waals surface area contributed by atoms with E-state index in [9.17, 15) is 0 Å². The van der Waals surface area contributed by atoms with E-state index in [0.29, 0.717) is 16.2 Å². The number of hydrogen-bond donors (Lipinski definition) is 0. The first-order chi connectivity index (χ1) is 8.51. The molecule has 0 N–H and O–H groups in total. The lowest BCUT2D eigenvalue weighted by Gasteiger charge is -2.58. The van der Waals surface area contributed by atoms with Gasteiger partial charge in [0.15, 0.2) is 0 Å². The van der Waals surface area contributed by atoms with E-state index >= 15 is 0 Å². The van der Waals surface area contributed by atoms with Gasteiger partial charge in [0.05, 0.1) is 18.8 Å². The summed E-state index contributed by atoms with van der Waals surface area (Å²) >= 11 is 0. The van der Waals surface area contributed by atoms with Crippen LogP contribution in [0.1, 0.15) is 46.0 Å². The molecule has 1 saturated carbocycles. The highest BCUT2D eigenvalue weighted by Crippen LogP contribution is 2.78. The van der Waals surface area contributed by atoms with Crippen LogP contribution in [0.3, 0.4) is 0 Å². The normalized spacial score (nSPS) is 53.7. The summed E-state index contributed by atoms with van der Waals surface area (Å²) in [5.41, 5.74) is 0.410. The van der Waals surface area contributed by atoms with Gasteiger partial charge in [-0.2, -0.15) is 0 Å². The Kier molecular flexibility index (Phi) is 2.19. The summed E-state index contributed by atoms with van der Waals surface area (Å²) in [5.74, 6) is 0.890. The zero-order chi connectivity index (χ0) is 12.6. The van der Waals surface area contributed by atoms with E-state index < -0.39 is 0 Å². The number of hydrogen-bond acceptors (Lipinski definition) is 2. The molecular formula is C15H25BNO. The van der Waals surface area contributed by atoms with Crippen LogP contribution in [0.25, 0.3) is 0 Å². The standard InChI is InChI=1S/C15H25BNO/c1-13-7-4-5-12-11(14(13,2)16-13)6-8-15(17(12)3)9-18-10-15/h11-12H,4-10H2,1-3H3. The van der Waals surface area contributed by atoms with Crippen molar-refractivity contribution in [2.45, 2.75) is 68.2 Å². The van der Waals surface area contributed by atoms with Gasteiger partial charge in [-0.05, 0) is 32.2 Å². The van der Waals surface area contributed by atoms with E-state index in [2.05, 4.69) is 33.1 Å². The number of likely N-dealkylation sites (N-methyl/N-ethyl adjacent to an activating group) is 1. The maximum absolute atomic E-state index is 5.53. The second kappa shape index (κ2) is 3.35. The molecule has 4 rings (SSSR count). The number of likely N-dealkylation sites (tertiary alicyclic amines) is 1. The Bertz CT molecular complexity index is 383. The summed E-state index contributed by atoms with van der Waals surface area (Å²) in [7, 11) is 5.04. The lowest BCUT2D eigenvalue weighted by atomic mass is 9.66. The van der Waals surface area contributed by atoms with E-state index in [1.165, 1.54) is 32.1 Å². The fourth-order valence-corrected chi connectivity index (χ4v) is 5.37. The predicted octanol–water partition coefficient (Wildman–Crippen LogP) is 2.72. The van der Waals surface area contributed by atoms with Gasteiger partial charge in [-0.15, -0.1) is 0 Å². The fraction of sp³-hybridized carbons (Fsp3) is 1.00. The van der Waals surface area contributed by atoms with Crippen LogP contribution >= 0.6 is 0 Å². The monoisotopic (exact) mass is 246 g/mol. The van der Waals surface area contributed by atoms with Gasteiger partial charge in [-0.25, -0.2) is 0 Å². The van der Waals surface area contributed by atoms with E-state index in [4.69, 9.17) is 4.74 Å². The largest absolute Gasteiger partial charge is 0.377 e. The topological polar surface area (TPSA) is 12.5 Å². The van der Waals surface area contributed by atoms with Gasteiger partial charge < -0.3 is 4.74 Å². The summed E-state index contributed by atoms with van der Waals surface area (Å²) < 4.78 is 5.53. The van der Waals surface area contributed by atoms with Crippen molar-refractivity contribution in [2.24, 2.45) is 5.92 Å². The molecule has 4 fully saturated rings. The average molecular weight is 246 g/mol. The van der Waals surface area contributed by atoms with E-state index in [0.717, 1.165) is 25.2 Å². The zero-order valence-corrected chi connectivity index (χ0v) is 12.0. The number of nitrogens with zero attached hydrogens (tertiary/aromatic N) is 1. The van der Waals surface area contributed by atoms with Crippen molar-refractivity contribution in [3.05, 3.63) is 0 Å². The minimum absolute atomic E-state index is 0.410. The molecular weight excluding hydrogens is 221 g/mol. The molecule has 0 bridgehead atoms. The van der Waals surface area contributed by atoms with Crippen LogP contribution < -0.4 is 0 Å². The van der Waals surface area contributed by atoms with E-state index in [-0.39, 0.29) is 0 Å². The fourth-order valence-electron chi connectivity index (χ4n) is 5.37. The molecule has 1 spiro atoms. The van der Waals surface area contributed by atoms with Crippen LogP contribution in [0, 0.1) is 5.92 Å². The molecule has 18 heavy (non-hydrogen) atoms. The van der Waals surface area contributed by atoms with Crippen LogP contribution in [0.5, 0.6) is 0 Å². The second-order valence-electron chi connectivity index (χ2n) is 7.78. The van der Waals surface area contributed by atoms with Gasteiger partial charge >= 0.3 is 0 Å². The first-order valence-electron chi connectivity index (χ1n) is 7.69. The highest BCUT2D eigenvalue weighted by Gasteiger charge is 2.68. The lowest BCUT2D eigenvalue weighted by molar-refractivity contribution is -0.176. The minimum Gasteiger partial charge on any atom is -0.377 e. The van der Waals surface area contributed by atoms with Crippen molar-refractivity contribution in [3.8, 4) is 0 Å². The van der Waals surface area contributed by atoms with Crippen molar-refractivity contribution in [3.63, 3.8) is 0 Å². The van der Waals surface area contributed by atoms with Gasteiger partial charge in [-0.1, -0.05) is 37.3 Å².